The maximum atomic E-state index is 12.6. The van der Waals surface area contributed by atoms with Crippen molar-refractivity contribution in [3.05, 3.63) is 94.2 Å². The summed E-state index contributed by atoms with van der Waals surface area (Å²) in [6.07, 6.45) is 4.18. The number of nitrogens with zero attached hydrogens (tertiary/aromatic N) is 3. The number of fused-ring (bicyclic) bond motifs is 2. The number of carboxylic acid groups (broad SMARTS) is 1. The second-order valence-electron chi connectivity index (χ2n) is 8.44. The summed E-state index contributed by atoms with van der Waals surface area (Å²) in [4.78, 5) is 32.2. The molecule has 3 aromatic heterocycles. The summed E-state index contributed by atoms with van der Waals surface area (Å²) in [5, 5.41) is 14.0. The number of carbonyl (C=O) groups excluding carboxylic acids is 1. The first kappa shape index (κ1) is 24.4. The molecule has 0 unspecified atom stereocenters. The van der Waals surface area contributed by atoms with Crippen LogP contribution in [0.15, 0.2) is 71.8 Å². The van der Waals surface area contributed by atoms with Crippen molar-refractivity contribution in [2.45, 2.75) is 20.3 Å². The first-order valence-corrected chi connectivity index (χ1v) is 11.1. The van der Waals surface area contributed by atoms with Crippen molar-refractivity contribution in [3.8, 4) is 22.4 Å². The number of pyridine rings is 3. The van der Waals surface area contributed by atoms with Gasteiger partial charge in [-0.25, -0.2) is 0 Å². The number of rotatable bonds is 4. The fourth-order valence-corrected chi connectivity index (χ4v) is 4.44. The molecule has 5 rings (SSSR count). The molecule has 0 spiro atoms. The fraction of sp³-hybridized carbons (Fsp3) is 0.143. The average molecular weight is 455 g/mol. The van der Waals surface area contributed by atoms with Gasteiger partial charge in [0.15, 0.2) is 0 Å². The van der Waals surface area contributed by atoms with Gasteiger partial charge in [-0.05, 0) is 65.8 Å². The summed E-state index contributed by atoms with van der Waals surface area (Å²) < 4.78 is 1.72. The number of hydrogen-bond acceptors (Lipinski definition) is 5. The summed E-state index contributed by atoms with van der Waals surface area (Å²) in [6.45, 7) is 3.95. The van der Waals surface area contributed by atoms with Crippen molar-refractivity contribution in [2.75, 3.05) is 0 Å². The van der Waals surface area contributed by atoms with Gasteiger partial charge < -0.3 is 14.5 Å². The molecule has 0 aliphatic carbocycles. The molecule has 5 aromatic rings. The van der Waals surface area contributed by atoms with Crippen LogP contribution >= 0.6 is 0 Å². The van der Waals surface area contributed by atoms with Gasteiger partial charge in [0.05, 0.1) is 22.9 Å². The smallest absolute Gasteiger partial charge is 0.543 e. The Balaban J connectivity index is 0.00000289. The van der Waals surface area contributed by atoms with E-state index in [4.69, 9.17) is 0 Å². The van der Waals surface area contributed by atoms with E-state index in [-0.39, 0.29) is 30.1 Å². The second kappa shape index (κ2) is 9.50. The van der Waals surface area contributed by atoms with E-state index < -0.39 is 5.97 Å². The van der Waals surface area contributed by atoms with Crippen LogP contribution in [0, 0.1) is 6.92 Å². The van der Waals surface area contributed by atoms with Crippen LogP contribution in [0.25, 0.3) is 44.1 Å². The van der Waals surface area contributed by atoms with Crippen molar-refractivity contribution in [3.63, 3.8) is 0 Å². The summed E-state index contributed by atoms with van der Waals surface area (Å²) in [5.74, 6) is -1.31. The molecule has 2 aromatic carbocycles. The van der Waals surface area contributed by atoms with E-state index in [9.17, 15) is 14.7 Å². The molecule has 0 atom stereocenters. The van der Waals surface area contributed by atoms with Crippen LogP contribution in [0.5, 0.6) is 0 Å². The van der Waals surface area contributed by atoms with Gasteiger partial charge in [-0.3, -0.25) is 14.8 Å². The third-order valence-electron chi connectivity index (χ3n) is 6.31. The maximum absolute atomic E-state index is 12.6. The first-order valence-electron chi connectivity index (χ1n) is 11.1. The van der Waals surface area contributed by atoms with Gasteiger partial charge in [0.1, 0.15) is 0 Å². The number of benzene rings is 2. The first-order chi connectivity index (χ1) is 16.4. The zero-order valence-corrected chi connectivity index (χ0v) is 20.1. The predicted molar refractivity (Wildman–Crippen MR) is 132 cm³/mol. The molecule has 0 fully saturated rings. The monoisotopic (exact) mass is 455 g/mol. The Morgan fingerprint density at radius 2 is 1.77 bits per heavy atom. The SMILES string of the molecule is CCc1cc(-c2cccc3cc(-c4ccc(C(=O)[O-])nc4)ncc23)c2cc(C)c(=O)n(C)c2c1.[Li+]. The topological polar surface area (TPSA) is 87.9 Å². The number of aryl methyl sites for hydroxylation is 3. The molecule has 0 saturated carbocycles. The zero-order chi connectivity index (χ0) is 24.0. The molecule has 0 radical (unpaired) electrons. The van der Waals surface area contributed by atoms with Crippen LogP contribution in [0.3, 0.4) is 0 Å². The second-order valence-corrected chi connectivity index (χ2v) is 8.44. The Labute approximate surface area is 214 Å². The Hall–Kier alpha value is -3.72. The molecule has 35 heavy (non-hydrogen) atoms. The summed E-state index contributed by atoms with van der Waals surface area (Å²) >= 11 is 0. The van der Waals surface area contributed by atoms with E-state index >= 15 is 0 Å². The van der Waals surface area contributed by atoms with Gasteiger partial charge in [0, 0.05) is 41.3 Å². The molecule has 3 heterocycles. The van der Waals surface area contributed by atoms with E-state index in [0.29, 0.717) is 11.3 Å². The number of aromatic nitrogens is 3. The van der Waals surface area contributed by atoms with Gasteiger partial charge >= 0.3 is 18.9 Å². The number of hydrogen-bond donors (Lipinski definition) is 0. The molecular weight excluding hydrogens is 433 g/mol. The van der Waals surface area contributed by atoms with E-state index in [1.165, 1.54) is 12.3 Å². The van der Waals surface area contributed by atoms with Gasteiger partial charge in [-0.15, -0.1) is 0 Å². The molecule has 0 bridgehead atoms. The number of carbonyl (C=O) groups is 1. The Morgan fingerprint density at radius 1 is 0.971 bits per heavy atom. The summed E-state index contributed by atoms with van der Waals surface area (Å²) in [6, 6.07) is 17.4. The Bertz CT molecular complexity index is 1660. The molecule has 0 aliphatic rings. The number of aromatic carboxylic acids is 1. The molecule has 0 aliphatic heterocycles. The van der Waals surface area contributed by atoms with Crippen LogP contribution < -0.4 is 29.5 Å². The van der Waals surface area contributed by atoms with Crippen molar-refractivity contribution in [2.24, 2.45) is 7.05 Å². The van der Waals surface area contributed by atoms with E-state index in [0.717, 1.165) is 50.4 Å². The molecule has 0 saturated heterocycles. The van der Waals surface area contributed by atoms with Gasteiger partial charge in [0.2, 0.25) is 0 Å². The van der Waals surface area contributed by atoms with E-state index in [1.807, 2.05) is 44.4 Å². The van der Waals surface area contributed by atoms with Gasteiger partial charge in [-0.1, -0.05) is 31.2 Å². The minimum atomic E-state index is -1.31. The standard InChI is InChI=1S/C28H23N3O3.Li/c1-4-17-11-21(22-10-16(2)27(32)31(3)26(22)12-17)20-7-5-6-18-13-25(30-15-23(18)20)19-8-9-24(28(33)34)29-14-19;/h5-15H,4H2,1-3H3,(H,33,34);/q;+1/p-1. The van der Waals surface area contributed by atoms with E-state index in [2.05, 4.69) is 35.1 Å². The minimum absolute atomic E-state index is 0. The van der Waals surface area contributed by atoms with Crippen LogP contribution in [0.2, 0.25) is 0 Å². The quantitative estimate of drug-likeness (QED) is 0.378. The maximum Gasteiger partial charge on any atom is 1.00 e. The largest absolute Gasteiger partial charge is 1.00 e. The van der Waals surface area contributed by atoms with Crippen LogP contribution in [0.1, 0.15) is 28.5 Å². The van der Waals surface area contributed by atoms with Crippen LogP contribution in [-0.4, -0.2) is 20.5 Å². The molecule has 0 N–H and O–H groups in total. The predicted octanol–water partition coefficient (Wildman–Crippen LogP) is 1.05. The van der Waals surface area contributed by atoms with Crippen molar-refractivity contribution >= 4 is 27.6 Å². The zero-order valence-electron chi connectivity index (χ0n) is 20.1. The van der Waals surface area contributed by atoms with Gasteiger partial charge in [-0.2, -0.15) is 0 Å². The normalized spacial score (nSPS) is 10.9. The molecule has 7 heteroatoms. The van der Waals surface area contributed by atoms with Crippen molar-refractivity contribution in [1.29, 1.82) is 0 Å². The van der Waals surface area contributed by atoms with Crippen molar-refractivity contribution < 1.29 is 28.8 Å². The van der Waals surface area contributed by atoms with Crippen LogP contribution in [0.4, 0.5) is 0 Å². The molecular formula is C28H22LiN3O3. The number of carboxylic acids is 1. The third-order valence-corrected chi connectivity index (χ3v) is 6.31. The third kappa shape index (κ3) is 4.27. The average Bonchev–Trinajstić information content (AvgIpc) is 2.86. The minimum Gasteiger partial charge on any atom is -0.543 e. The molecule has 6 nitrogen and oxygen atoms in total. The van der Waals surface area contributed by atoms with Gasteiger partial charge in [0.25, 0.3) is 5.56 Å². The van der Waals surface area contributed by atoms with E-state index in [1.54, 1.807) is 10.6 Å². The molecule has 168 valence electrons. The summed E-state index contributed by atoms with van der Waals surface area (Å²) in [7, 11) is 1.82. The fourth-order valence-electron chi connectivity index (χ4n) is 4.44. The molecule has 0 amide bonds. The van der Waals surface area contributed by atoms with Crippen molar-refractivity contribution in [1.82, 2.24) is 14.5 Å². The van der Waals surface area contributed by atoms with Crippen LogP contribution in [-0.2, 0) is 13.5 Å². The Morgan fingerprint density at radius 3 is 2.46 bits per heavy atom. The summed E-state index contributed by atoms with van der Waals surface area (Å²) in [5.41, 5.74) is 6.19. The Kier molecular flexibility index (Phi) is 6.62.